The largest absolute Gasteiger partial charge is 0.478 e. The summed E-state index contributed by atoms with van der Waals surface area (Å²) in [7, 11) is -3.56. The number of rotatable bonds is 6. The number of anilines is 1. The van der Waals surface area contributed by atoms with E-state index < -0.39 is 16.0 Å². The predicted octanol–water partition coefficient (Wildman–Crippen LogP) is 0.807. The highest BCUT2D eigenvalue weighted by atomic mass is 32.2. The van der Waals surface area contributed by atoms with Crippen LogP contribution in [0.3, 0.4) is 0 Å². The van der Waals surface area contributed by atoms with Gasteiger partial charge in [0.05, 0.1) is 11.3 Å². The van der Waals surface area contributed by atoms with Crippen molar-refractivity contribution in [2.45, 2.75) is 4.90 Å². The van der Waals surface area contributed by atoms with Crippen molar-refractivity contribution >= 4 is 33.4 Å². The van der Waals surface area contributed by atoms with E-state index in [2.05, 4.69) is 5.32 Å². The Hall–Kier alpha value is -1.25. The molecule has 0 aliphatic heterocycles. The van der Waals surface area contributed by atoms with Gasteiger partial charge in [0.25, 0.3) is 0 Å². The maximum absolute atomic E-state index is 11.2. The summed E-state index contributed by atoms with van der Waals surface area (Å²) in [5.41, 5.74) is 0.525. The minimum atomic E-state index is -3.56. The minimum Gasteiger partial charge on any atom is -0.478 e. The predicted molar refractivity (Wildman–Crippen MR) is 71.6 cm³/mol. The highest BCUT2D eigenvalue weighted by molar-refractivity contribution is 7.98. The van der Waals surface area contributed by atoms with Crippen molar-refractivity contribution in [1.82, 2.24) is 0 Å². The third-order valence-corrected chi connectivity index (χ3v) is 3.72. The normalized spacial score (nSPS) is 11.2. The van der Waals surface area contributed by atoms with E-state index >= 15 is 0 Å². The first-order valence-corrected chi connectivity index (χ1v) is 7.94. The van der Waals surface area contributed by atoms with E-state index in [-0.39, 0.29) is 17.9 Å². The molecule has 1 rings (SSSR count). The van der Waals surface area contributed by atoms with Crippen LogP contribution in [0.1, 0.15) is 10.4 Å². The van der Waals surface area contributed by atoms with Crippen molar-refractivity contribution in [3.63, 3.8) is 0 Å². The summed E-state index contributed by atoms with van der Waals surface area (Å²) < 4.78 is 21.6. The number of thioether (sulfide) groups is 1. The molecule has 18 heavy (non-hydrogen) atoms. The summed E-state index contributed by atoms with van der Waals surface area (Å²) in [5.74, 6) is -1.31. The van der Waals surface area contributed by atoms with Crippen LogP contribution in [0.5, 0.6) is 0 Å². The second-order valence-electron chi connectivity index (χ2n) is 3.48. The van der Waals surface area contributed by atoms with Gasteiger partial charge in [0.15, 0.2) is 0 Å². The number of primary sulfonamides is 1. The van der Waals surface area contributed by atoms with Gasteiger partial charge < -0.3 is 10.4 Å². The van der Waals surface area contributed by atoms with Crippen molar-refractivity contribution in [3.05, 3.63) is 23.8 Å². The Morgan fingerprint density at radius 1 is 1.50 bits per heavy atom. The molecule has 0 saturated heterocycles. The summed E-state index contributed by atoms with van der Waals surface area (Å²) in [4.78, 5) is 11.8. The number of aromatic carboxylic acids is 1. The van der Waals surface area contributed by atoms with Gasteiger partial charge >= 0.3 is 5.97 Å². The number of nitrogens with one attached hydrogen (secondary N) is 1. The van der Waals surface area contributed by atoms with Crippen LogP contribution in [-0.4, -0.2) is 38.0 Å². The molecule has 1 aromatic carbocycles. The molecule has 0 saturated carbocycles. The Bertz CT molecular complexity index is 543. The molecule has 0 bridgehead atoms. The van der Waals surface area contributed by atoms with Crippen molar-refractivity contribution in [2.24, 2.45) is 5.14 Å². The number of nitrogens with two attached hydrogens (primary N) is 1. The second kappa shape index (κ2) is 6.07. The number of benzene rings is 1. The molecule has 1 aromatic rings. The average Bonchev–Trinajstić information content (AvgIpc) is 2.26. The van der Waals surface area contributed by atoms with Crippen LogP contribution in [0.4, 0.5) is 5.69 Å². The Morgan fingerprint density at radius 2 is 2.17 bits per heavy atom. The lowest BCUT2D eigenvalue weighted by Crippen LogP contribution is -2.23. The van der Waals surface area contributed by atoms with Crippen LogP contribution in [0, 0.1) is 0 Å². The first kappa shape index (κ1) is 14.8. The number of carboxylic acid groups (broad SMARTS) is 1. The fourth-order valence-electron chi connectivity index (χ4n) is 1.40. The van der Waals surface area contributed by atoms with Crippen molar-refractivity contribution < 1.29 is 18.3 Å². The van der Waals surface area contributed by atoms with Crippen LogP contribution in [0.2, 0.25) is 0 Å². The van der Waals surface area contributed by atoms with Crippen molar-refractivity contribution in [1.29, 1.82) is 0 Å². The zero-order valence-corrected chi connectivity index (χ0v) is 11.3. The molecular weight excluding hydrogens is 276 g/mol. The fourth-order valence-corrected chi connectivity index (χ4v) is 2.40. The Kier molecular flexibility index (Phi) is 5.00. The van der Waals surface area contributed by atoms with Gasteiger partial charge in [0.2, 0.25) is 10.0 Å². The molecule has 0 heterocycles. The summed E-state index contributed by atoms with van der Waals surface area (Å²) in [5, 5.41) is 16.8. The Labute approximate surface area is 110 Å². The maximum atomic E-state index is 11.2. The molecule has 0 fully saturated rings. The molecule has 0 unspecified atom stereocenters. The third-order valence-electron chi connectivity index (χ3n) is 2.16. The molecule has 100 valence electrons. The smallest absolute Gasteiger partial charge is 0.338 e. The molecular formula is C10H14N2O4S2. The average molecular weight is 290 g/mol. The van der Waals surface area contributed by atoms with Gasteiger partial charge in [0.1, 0.15) is 0 Å². The minimum absolute atomic E-state index is 0.0664. The fraction of sp³-hybridized carbons (Fsp3) is 0.300. The first-order chi connectivity index (χ1) is 8.35. The van der Waals surface area contributed by atoms with E-state index in [9.17, 15) is 13.2 Å². The zero-order chi connectivity index (χ0) is 13.8. The molecule has 0 aromatic heterocycles. The summed E-state index contributed by atoms with van der Waals surface area (Å²) in [6.45, 7) is 0.0664. The monoisotopic (exact) mass is 290 g/mol. The highest BCUT2D eigenvalue weighted by Gasteiger charge is 2.15. The van der Waals surface area contributed by atoms with Gasteiger partial charge in [-0.3, -0.25) is 0 Å². The van der Waals surface area contributed by atoms with Gasteiger partial charge in [0, 0.05) is 17.1 Å². The second-order valence-corrected chi connectivity index (χ2v) is 6.06. The molecule has 8 heteroatoms. The van der Waals surface area contributed by atoms with E-state index in [1.165, 1.54) is 11.8 Å². The lowest BCUT2D eigenvalue weighted by atomic mass is 10.2. The van der Waals surface area contributed by atoms with E-state index in [1.54, 1.807) is 24.5 Å². The Balaban J connectivity index is 2.92. The lowest BCUT2D eigenvalue weighted by Gasteiger charge is -2.11. The van der Waals surface area contributed by atoms with Crippen molar-refractivity contribution in [3.8, 4) is 0 Å². The van der Waals surface area contributed by atoms with E-state index in [0.29, 0.717) is 10.6 Å². The van der Waals surface area contributed by atoms with Crippen LogP contribution in [0.15, 0.2) is 23.1 Å². The quantitative estimate of drug-likeness (QED) is 0.669. The van der Waals surface area contributed by atoms with Crippen LogP contribution < -0.4 is 10.5 Å². The molecule has 0 atom stereocenters. The number of hydrogen-bond donors (Lipinski definition) is 3. The maximum Gasteiger partial charge on any atom is 0.338 e. The number of carbonyl (C=O) groups is 1. The summed E-state index contributed by atoms with van der Waals surface area (Å²) in [6.07, 6.45) is 1.77. The standard InChI is InChI=1S/C10H14N2O4S2/c1-17-8-4-2-3-7(9(8)10(13)14)12-5-6-18(11,15)16/h2-4,12H,5-6H2,1H3,(H,13,14)(H2,11,15,16). The zero-order valence-electron chi connectivity index (χ0n) is 9.71. The van der Waals surface area contributed by atoms with E-state index in [0.717, 1.165) is 0 Å². The van der Waals surface area contributed by atoms with Crippen LogP contribution >= 0.6 is 11.8 Å². The highest BCUT2D eigenvalue weighted by Crippen LogP contribution is 2.26. The van der Waals surface area contributed by atoms with Gasteiger partial charge in [-0.1, -0.05) is 6.07 Å². The molecule has 0 aliphatic carbocycles. The Morgan fingerprint density at radius 3 is 2.67 bits per heavy atom. The van der Waals surface area contributed by atoms with Gasteiger partial charge in [-0.05, 0) is 18.4 Å². The first-order valence-electron chi connectivity index (χ1n) is 5.00. The van der Waals surface area contributed by atoms with E-state index in [1.807, 2.05) is 0 Å². The molecule has 4 N–H and O–H groups in total. The number of carboxylic acids is 1. The summed E-state index contributed by atoms with van der Waals surface area (Å²) >= 11 is 1.31. The van der Waals surface area contributed by atoms with Crippen LogP contribution in [0.25, 0.3) is 0 Å². The van der Waals surface area contributed by atoms with Crippen LogP contribution in [-0.2, 0) is 10.0 Å². The number of sulfonamides is 1. The SMILES string of the molecule is CSc1cccc(NCCS(N)(=O)=O)c1C(=O)O. The van der Waals surface area contributed by atoms with Gasteiger partial charge in [-0.25, -0.2) is 18.4 Å². The van der Waals surface area contributed by atoms with Gasteiger partial charge in [-0.2, -0.15) is 0 Å². The molecule has 6 nitrogen and oxygen atoms in total. The topological polar surface area (TPSA) is 109 Å². The molecule has 0 amide bonds. The lowest BCUT2D eigenvalue weighted by molar-refractivity contribution is 0.0694. The van der Waals surface area contributed by atoms with Crippen molar-refractivity contribution in [2.75, 3.05) is 23.9 Å². The molecule has 0 spiro atoms. The van der Waals surface area contributed by atoms with E-state index in [4.69, 9.17) is 10.2 Å². The third kappa shape index (κ3) is 4.21. The summed E-state index contributed by atoms with van der Waals surface area (Å²) in [6, 6.07) is 4.99. The molecule has 0 radical (unpaired) electrons. The van der Waals surface area contributed by atoms with Gasteiger partial charge in [-0.15, -0.1) is 11.8 Å². The molecule has 0 aliphatic rings. The number of hydrogen-bond acceptors (Lipinski definition) is 5.